The number of benzene rings is 1. The third-order valence-electron chi connectivity index (χ3n) is 6.85. The number of fused-ring (bicyclic) bond motifs is 4. The summed E-state index contributed by atoms with van der Waals surface area (Å²) in [5.74, 6) is 1.35. The Hall–Kier alpha value is -2.33. The number of allylic oxidation sites excluding steroid dienone is 1. The lowest BCUT2D eigenvalue weighted by Gasteiger charge is -2.47. The zero-order valence-electron chi connectivity index (χ0n) is 15.6. The van der Waals surface area contributed by atoms with Gasteiger partial charge in [0.05, 0.1) is 6.04 Å². The van der Waals surface area contributed by atoms with Crippen molar-refractivity contribution in [3.8, 4) is 0 Å². The van der Waals surface area contributed by atoms with E-state index in [0.717, 1.165) is 36.4 Å². The van der Waals surface area contributed by atoms with Gasteiger partial charge >= 0.3 is 6.09 Å². The zero-order chi connectivity index (χ0) is 18.4. The fourth-order valence-electron chi connectivity index (χ4n) is 5.53. The van der Waals surface area contributed by atoms with Crippen molar-refractivity contribution < 1.29 is 9.90 Å². The fraction of sp³-hybridized carbons (Fsp3) is 0.435. The Morgan fingerprint density at radius 3 is 2.67 bits per heavy atom. The van der Waals surface area contributed by atoms with Gasteiger partial charge in [0.25, 0.3) is 0 Å². The van der Waals surface area contributed by atoms with Gasteiger partial charge in [-0.25, -0.2) is 4.79 Å². The maximum atomic E-state index is 12.0. The topological polar surface area (TPSA) is 43.8 Å². The Morgan fingerprint density at radius 1 is 1.11 bits per heavy atom. The van der Waals surface area contributed by atoms with Crippen LogP contribution in [0.2, 0.25) is 0 Å². The molecule has 2 bridgehead atoms. The number of nitrogens with zero attached hydrogens (tertiary/aromatic N) is 2. The van der Waals surface area contributed by atoms with E-state index in [1.54, 1.807) is 6.20 Å². The van der Waals surface area contributed by atoms with Crippen molar-refractivity contribution in [2.75, 3.05) is 19.6 Å². The van der Waals surface area contributed by atoms with E-state index in [2.05, 4.69) is 29.2 Å². The molecular formula is C23H26N2O2. The average molecular weight is 362 g/mol. The van der Waals surface area contributed by atoms with Crippen LogP contribution in [-0.2, 0) is 0 Å². The average Bonchev–Trinajstić information content (AvgIpc) is 2.73. The highest BCUT2D eigenvalue weighted by molar-refractivity contribution is 5.73. The van der Waals surface area contributed by atoms with Gasteiger partial charge < -0.3 is 10.0 Å². The van der Waals surface area contributed by atoms with Crippen molar-refractivity contribution >= 4 is 12.2 Å². The molecule has 2 atom stereocenters. The Kier molecular flexibility index (Phi) is 4.16. The number of hydrogen-bond donors (Lipinski definition) is 1. The van der Waals surface area contributed by atoms with Gasteiger partial charge in [-0.3, -0.25) is 4.90 Å². The predicted octanol–water partition coefficient (Wildman–Crippen LogP) is 4.68. The van der Waals surface area contributed by atoms with Crippen LogP contribution in [0.1, 0.15) is 42.9 Å². The molecular weight excluding hydrogens is 336 g/mol. The Morgan fingerprint density at radius 2 is 1.93 bits per heavy atom. The number of carbonyl (C=O) groups is 1. The molecule has 1 aromatic carbocycles. The van der Waals surface area contributed by atoms with E-state index >= 15 is 0 Å². The molecule has 3 fully saturated rings. The highest BCUT2D eigenvalue weighted by Crippen LogP contribution is 2.46. The van der Waals surface area contributed by atoms with Crippen molar-refractivity contribution in [2.24, 2.45) is 11.8 Å². The van der Waals surface area contributed by atoms with Crippen molar-refractivity contribution in [3.63, 3.8) is 0 Å². The van der Waals surface area contributed by atoms with Crippen LogP contribution in [0.25, 0.3) is 6.08 Å². The molecule has 6 rings (SSSR count). The summed E-state index contributed by atoms with van der Waals surface area (Å²) in [4.78, 5) is 16.1. The molecule has 1 aliphatic carbocycles. The van der Waals surface area contributed by atoms with E-state index in [1.807, 2.05) is 18.2 Å². The lowest BCUT2D eigenvalue weighted by Crippen LogP contribution is -2.48. The highest BCUT2D eigenvalue weighted by atomic mass is 16.4. The Balaban J connectivity index is 1.63. The lowest BCUT2D eigenvalue weighted by atomic mass is 9.70. The smallest absolute Gasteiger partial charge is 0.412 e. The number of piperidine rings is 3. The van der Waals surface area contributed by atoms with Crippen LogP contribution >= 0.6 is 0 Å². The summed E-state index contributed by atoms with van der Waals surface area (Å²) >= 11 is 0. The number of carboxylic acid groups (broad SMARTS) is 1. The fourth-order valence-corrected chi connectivity index (χ4v) is 5.53. The summed E-state index contributed by atoms with van der Waals surface area (Å²) in [7, 11) is 0. The molecule has 140 valence electrons. The molecule has 4 heteroatoms. The van der Waals surface area contributed by atoms with Gasteiger partial charge in [0, 0.05) is 12.7 Å². The first-order valence-electron chi connectivity index (χ1n) is 10.1. The minimum atomic E-state index is -0.884. The van der Waals surface area contributed by atoms with Crippen LogP contribution in [0, 0.1) is 11.8 Å². The molecule has 1 N–H and O–H groups in total. The predicted molar refractivity (Wildman–Crippen MR) is 106 cm³/mol. The van der Waals surface area contributed by atoms with Crippen LogP contribution in [0.5, 0.6) is 0 Å². The molecule has 0 spiro atoms. The van der Waals surface area contributed by atoms with E-state index in [-0.39, 0.29) is 6.04 Å². The summed E-state index contributed by atoms with van der Waals surface area (Å²) in [6.07, 6.45) is 11.9. The molecule has 27 heavy (non-hydrogen) atoms. The molecule has 5 aliphatic rings. The van der Waals surface area contributed by atoms with Gasteiger partial charge in [0.15, 0.2) is 0 Å². The second kappa shape index (κ2) is 6.68. The normalized spacial score (nSPS) is 31.9. The highest BCUT2D eigenvalue weighted by Gasteiger charge is 2.39. The van der Waals surface area contributed by atoms with Gasteiger partial charge in [-0.1, -0.05) is 42.0 Å². The summed E-state index contributed by atoms with van der Waals surface area (Å²) in [5.41, 5.74) is 4.95. The molecule has 1 aromatic rings. The molecule has 3 saturated heterocycles. The van der Waals surface area contributed by atoms with Crippen molar-refractivity contribution in [1.29, 1.82) is 0 Å². The number of rotatable bonds is 2. The summed E-state index contributed by atoms with van der Waals surface area (Å²) < 4.78 is 0. The number of amides is 1. The monoisotopic (exact) mass is 362 g/mol. The first-order chi connectivity index (χ1) is 13.2. The first-order valence-corrected chi connectivity index (χ1v) is 10.1. The van der Waals surface area contributed by atoms with Crippen molar-refractivity contribution in [3.05, 3.63) is 64.9 Å². The molecule has 4 aliphatic heterocycles. The van der Waals surface area contributed by atoms with Crippen LogP contribution in [-0.4, -0.2) is 40.6 Å². The summed E-state index contributed by atoms with van der Waals surface area (Å²) in [6, 6.07) is 7.98. The minimum absolute atomic E-state index is 0.231. The standard InChI is InChI=1S/C23H26N2O2/c26-23(27)25-14-11-16-5-1-2-6-18(16)22(25)20-8-4-3-7-19(20)21-15-24-12-9-17(21)10-13-24/h1-2,4-6,8,11,14,17,21-22H,3,7,9-10,12-13,15H2,(H,26,27)/t21?,22-/m1/s1. The molecule has 1 amide bonds. The molecule has 0 aromatic heterocycles. The maximum Gasteiger partial charge on any atom is 0.412 e. The van der Waals surface area contributed by atoms with Gasteiger partial charge in [-0.15, -0.1) is 0 Å². The van der Waals surface area contributed by atoms with E-state index in [4.69, 9.17) is 0 Å². The molecule has 4 nitrogen and oxygen atoms in total. The third kappa shape index (κ3) is 2.83. The van der Waals surface area contributed by atoms with E-state index in [1.165, 1.54) is 42.0 Å². The molecule has 1 unspecified atom stereocenters. The first kappa shape index (κ1) is 16.8. The zero-order valence-corrected chi connectivity index (χ0v) is 15.6. The van der Waals surface area contributed by atoms with Crippen molar-refractivity contribution in [2.45, 2.75) is 31.7 Å². The van der Waals surface area contributed by atoms with Crippen LogP contribution < -0.4 is 0 Å². The van der Waals surface area contributed by atoms with E-state index in [9.17, 15) is 9.90 Å². The second-order valence-corrected chi connectivity index (χ2v) is 8.20. The second-order valence-electron chi connectivity index (χ2n) is 8.20. The SMILES string of the molecule is O=C(O)N1C=Cc2ccccc2[C@@H]1C1=C(C2CN3CCC2CC3)CCC=C1. The molecule has 0 radical (unpaired) electrons. The third-order valence-corrected chi connectivity index (χ3v) is 6.85. The quantitative estimate of drug-likeness (QED) is 0.831. The van der Waals surface area contributed by atoms with Gasteiger partial charge in [0.2, 0.25) is 0 Å². The van der Waals surface area contributed by atoms with Crippen LogP contribution in [0.3, 0.4) is 0 Å². The number of hydrogen-bond acceptors (Lipinski definition) is 2. The van der Waals surface area contributed by atoms with E-state index < -0.39 is 6.09 Å². The lowest BCUT2D eigenvalue weighted by molar-refractivity contribution is 0.0657. The van der Waals surface area contributed by atoms with E-state index in [0.29, 0.717) is 5.92 Å². The van der Waals surface area contributed by atoms with Crippen LogP contribution in [0.4, 0.5) is 4.79 Å². The summed E-state index contributed by atoms with van der Waals surface area (Å²) in [6.45, 7) is 3.61. The van der Waals surface area contributed by atoms with Gasteiger partial charge in [-0.05, 0) is 73.4 Å². The van der Waals surface area contributed by atoms with Crippen molar-refractivity contribution in [1.82, 2.24) is 9.80 Å². The Labute approximate surface area is 160 Å². The van der Waals surface area contributed by atoms with Crippen LogP contribution in [0.15, 0.2) is 53.8 Å². The largest absolute Gasteiger partial charge is 0.465 e. The van der Waals surface area contributed by atoms with Gasteiger partial charge in [-0.2, -0.15) is 0 Å². The Bertz CT molecular complexity index is 846. The van der Waals surface area contributed by atoms with Gasteiger partial charge in [0.1, 0.15) is 0 Å². The summed E-state index contributed by atoms with van der Waals surface area (Å²) in [5, 5.41) is 9.89. The molecule has 0 saturated carbocycles. The molecule has 4 heterocycles. The minimum Gasteiger partial charge on any atom is -0.465 e. The maximum absolute atomic E-state index is 12.0.